The van der Waals surface area contributed by atoms with E-state index in [1.807, 2.05) is 0 Å². The fourth-order valence-corrected chi connectivity index (χ4v) is 1.25. The van der Waals surface area contributed by atoms with Gasteiger partial charge >= 0.3 is 0 Å². The Labute approximate surface area is 99.1 Å². The fourth-order valence-electron chi connectivity index (χ4n) is 1.25. The van der Waals surface area contributed by atoms with Crippen molar-refractivity contribution in [2.45, 2.75) is 12.2 Å². The van der Waals surface area contributed by atoms with E-state index in [9.17, 15) is 15.0 Å². The van der Waals surface area contributed by atoms with E-state index in [1.165, 1.54) is 0 Å². The number of primary amides is 1. The Bertz CT molecular complexity index is 388. The molecule has 0 aliphatic rings. The Balaban J connectivity index is 2.73. The second kappa shape index (κ2) is 6.03. The van der Waals surface area contributed by atoms with E-state index in [1.54, 1.807) is 30.3 Å². The molecule has 0 radical (unpaired) electrons. The highest BCUT2D eigenvalue weighted by Gasteiger charge is 2.23. The maximum absolute atomic E-state index is 10.7. The molecule has 2 unspecified atom stereocenters. The first-order valence-corrected chi connectivity index (χ1v) is 5.05. The average Bonchev–Trinajstić information content (AvgIpc) is 2.35. The summed E-state index contributed by atoms with van der Waals surface area (Å²) in [6.45, 7) is 3.90. The maximum Gasteiger partial charge on any atom is 0.249 e. The van der Waals surface area contributed by atoms with Crippen LogP contribution in [0.1, 0.15) is 11.7 Å². The van der Waals surface area contributed by atoms with Gasteiger partial charge in [0.15, 0.2) is 6.10 Å². The Morgan fingerprint density at radius 2 is 2.00 bits per heavy atom. The molecule has 5 nitrogen and oxygen atoms in total. The molecular formula is C12H15NO4. The van der Waals surface area contributed by atoms with Crippen molar-refractivity contribution < 1.29 is 19.7 Å². The summed E-state index contributed by atoms with van der Waals surface area (Å²) in [6.07, 6.45) is -1.34. The van der Waals surface area contributed by atoms with Crippen molar-refractivity contribution in [3.8, 4) is 5.75 Å². The van der Waals surface area contributed by atoms with Crippen LogP contribution in [-0.4, -0.2) is 28.8 Å². The molecule has 92 valence electrons. The fraction of sp³-hybridized carbons (Fsp3) is 0.250. The number of carbonyl (C=O) groups is 1. The molecule has 4 N–H and O–H groups in total. The van der Waals surface area contributed by atoms with Crippen molar-refractivity contribution in [2.24, 2.45) is 5.73 Å². The highest BCUT2D eigenvalue weighted by molar-refractivity contribution is 5.79. The smallest absolute Gasteiger partial charge is 0.249 e. The second-order valence-corrected chi connectivity index (χ2v) is 3.46. The van der Waals surface area contributed by atoms with Gasteiger partial charge in [-0.3, -0.25) is 4.79 Å². The molecule has 0 aromatic heterocycles. The first-order chi connectivity index (χ1) is 8.06. The monoisotopic (exact) mass is 237 g/mol. The number of hydrogen-bond acceptors (Lipinski definition) is 4. The minimum Gasteiger partial charge on any atom is -0.490 e. The van der Waals surface area contributed by atoms with Crippen molar-refractivity contribution in [1.82, 2.24) is 0 Å². The third-order valence-corrected chi connectivity index (χ3v) is 2.18. The van der Waals surface area contributed by atoms with Crippen molar-refractivity contribution in [3.63, 3.8) is 0 Å². The van der Waals surface area contributed by atoms with E-state index < -0.39 is 18.1 Å². The van der Waals surface area contributed by atoms with E-state index in [0.717, 1.165) is 0 Å². The molecule has 0 heterocycles. The number of ether oxygens (including phenoxy) is 1. The minimum atomic E-state index is -1.62. The number of hydrogen-bond donors (Lipinski definition) is 3. The quantitative estimate of drug-likeness (QED) is 0.613. The lowest BCUT2D eigenvalue weighted by atomic mass is 10.0. The van der Waals surface area contributed by atoms with Crippen LogP contribution in [0.2, 0.25) is 0 Å². The van der Waals surface area contributed by atoms with Gasteiger partial charge in [-0.15, -0.1) is 0 Å². The molecule has 1 amide bonds. The van der Waals surface area contributed by atoms with Crippen molar-refractivity contribution in [3.05, 3.63) is 42.5 Å². The second-order valence-electron chi connectivity index (χ2n) is 3.46. The van der Waals surface area contributed by atoms with Crippen LogP contribution in [0.25, 0.3) is 0 Å². The van der Waals surface area contributed by atoms with Gasteiger partial charge in [-0.05, 0) is 17.7 Å². The van der Waals surface area contributed by atoms with E-state index in [0.29, 0.717) is 17.9 Å². The van der Waals surface area contributed by atoms with Gasteiger partial charge in [0.25, 0.3) is 0 Å². The van der Waals surface area contributed by atoms with Gasteiger partial charge in [0.1, 0.15) is 18.5 Å². The predicted molar refractivity (Wildman–Crippen MR) is 62.3 cm³/mol. The SMILES string of the molecule is C=CCOc1ccc(C(O)C(O)C(N)=O)cc1. The highest BCUT2D eigenvalue weighted by Crippen LogP contribution is 2.20. The molecule has 1 rings (SSSR count). The molecule has 1 aromatic carbocycles. The zero-order chi connectivity index (χ0) is 12.8. The number of aliphatic hydroxyl groups is 2. The van der Waals surface area contributed by atoms with Gasteiger partial charge in [0.2, 0.25) is 5.91 Å². The predicted octanol–water partition coefficient (Wildman–Crippen LogP) is 0.131. The molecule has 0 fully saturated rings. The highest BCUT2D eigenvalue weighted by atomic mass is 16.5. The van der Waals surface area contributed by atoms with Crippen LogP contribution in [-0.2, 0) is 4.79 Å². The van der Waals surface area contributed by atoms with Crippen LogP contribution in [0.5, 0.6) is 5.75 Å². The Hall–Kier alpha value is -1.85. The van der Waals surface area contributed by atoms with E-state index in [4.69, 9.17) is 10.5 Å². The minimum absolute atomic E-state index is 0.381. The standard InChI is InChI=1S/C12H15NO4/c1-2-7-17-9-5-3-8(4-6-9)10(14)11(15)12(13)16/h2-6,10-11,14-15H,1,7H2,(H2,13,16). The molecule has 17 heavy (non-hydrogen) atoms. The number of aliphatic hydroxyl groups excluding tert-OH is 2. The number of nitrogens with two attached hydrogens (primary N) is 1. The largest absolute Gasteiger partial charge is 0.490 e. The lowest BCUT2D eigenvalue weighted by Gasteiger charge is -2.15. The van der Waals surface area contributed by atoms with Gasteiger partial charge in [-0.2, -0.15) is 0 Å². The lowest BCUT2D eigenvalue weighted by molar-refractivity contribution is -0.131. The van der Waals surface area contributed by atoms with Crippen LogP contribution in [0.15, 0.2) is 36.9 Å². The summed E-state index contributed by atoms with van der Waals surface area (Å²) in [4.78, 5) is 10.7. The van der Waals surface area contributed by atoms with Crippen molar-refractivity contribution >= 4 is 5.91 Å². The number of rotatable bonds is 6. The zero-order valence-electron chi connectivity index (χ0n) is 9.24. The Morgan fingerprint density at radius 1 is 1.41 bits per heavy atom. The molecule has 5 heteroatoms. The molecule has 0 spiro atoms. The third-order valence-electron chi connectivity index (χ3n) is 2.18. The van der Waals surface area contributed by atoms with Gasteiger partial charge in [-0.1, -0.05) is 24.8 Å². The van der Waals surface area contributed by atoms with Gasteiger partial charge in [-0.25, -0.2) is 0 Å². The molecule has 2 atom stereocenters. The Morgan fingerprint density at radius 3 is 2.47 bits per heavy atom. The van der Waals surface area contributed by atoms with Crippen LogP contribution in [0.4, 0.5) is 0 Å². The van der Waals surface area contributed by atoms with Crippen molar-refractivity contribution in [2.75, 3.05) is 6.61 Å². The van der Waals surface area contributed by atoms with Crippen molar-refractivity contribution in [1.29, 1.82) is 0 Å². The van der Waals surface area contributed by atoms with Crippen LogP contribution >= 0.6 is 0 Å². The molecular weight excluding hydrogens is 222 g/mol. The summed E-state index contributed by atoms with van der Waals surface area (Å²) in [7, 11) is 0. The van der Waals surface area contributed by atoms with E-state index in [-0.39, 0.29) is 0 Å². The summed E-state index contributed by atoms with van der Waals surface area (Å²) < 4.78 is 5.24. The zero-order valence-corrected chi connectivity index (χ0v) is 9.24. The molecule has 0 saturated carbocycles. The van der Waals surface area contributed by atoms with E-state index >= 15 is 0 Å². The summed E-state index contributed by atoms with van der Waals surface area (Å²) in [5.41, 5.74) is 5.28. The maximum atomic E-state index is 10.7. The molecule has 1 aromatic rings. The van der Waals surface area contributed by atoms with Gasteiger partial charge in [0, 0.05) is 0 Å². The van der Waals surface area contributed by atoms with E-state index in [2.05, 4.69) is 6.58 Å². The Kier molecular flexibility index (Phi) is 4.68. The first kappa shape index (κ1) is 13.2. The summed E-state index contributed by atoms with van der Waals surface area (Å²) in [6, 6.07) is 6.34. The summed E-state index contributed by atoms with van der Waals surface area (Å²) >= 11 is 0. The molecule has 0 saturated heterocycles. The molecule has 0 aliphatic carbocycles. The summed E-state index contributed by atoms with van der Waals surface area (Å²) in [5.74, 6) is -0.362. The van der Waals surface area contributed by atoms with Gasteiger partial charge in [0.05, 0.1) is 0 Å². The molecule has 0 aliphatic heterocycles. The number of carbonyl (C=O) groups excluding carboxylic acids is 1. The summed E-state index contributed by atoms with van der Waals surface area (Å²) in [5, 5.41) is 18.9. The number of benzene rings is 1. The average molecular weight is 237 g/mol. The van der Waals surface area contributed by atoms with Crippen LogP contribution in [0.3, 0.4) is 0 Å². The van der Waals surface area contributed by atoms with Crippen LogP contribution in [0, 0.1) is 0 Å². The normalized spacial score (nSPS) is 13.8. The van der Waals surface area contributed by atoms with Crippen LogP contribution < -0.4 is 10.5 Å². The van der Waals surface area contributed by atoms with Gasteiger partial charge < -0.3 is 20.7 Å². The number of amides is 1. The lowest BCUT2D eigenvalue weighted by Crippen LogP contribution is -2.33. The topological polar surface area (TPSA) is 92.8 Å². The molecule has 0 bridgehead atoms. The first-order valence-electron chi connectivity index (χ1n) is 5.05. The third kappa shape index (κ3) is 3.58.